The van der Waals surface area contributed by atoms with E-state index < -0.39 is 0 Å². The molecule has 1 aromatic heterocycles. The Bertz CT molecular complexity index is 755. The van der Waals surface area contributed by atoms with Gasteiger partial charge in [-0.15, -0.1) is 0 Å². The van der Waals surface area contributed by atoms with Gasteiger partial charge >= 0.3 is 0 Å². The average Bonchev–Trinajstić information content (AvgIpc) is 2.51. The Morgan fingerprint density at radius 1 is 1.18 bits per heavy atom. The summed E-state index contributed by atoms with van der Waals surface area (Å²) < 4.78 is 12.3. The second-order valence-electron chi connectivity index (χ2n) is 4.94. The number of pyridine rings is 1. The molecule has 0 saturated carbocycles. The second kappa shape index (κ2) is 6.81. The highest BCUT2D eigenvalue weighted by atomic mass is 16.5. The molecule has 114 valence electrons. The van der Waals surface area contributed by atoms with E-state index in [1.165, 1.54) is 0 Å². The highest BCUT2D eigenvalue weighted by molar-refractivity contribution is 5.36. The van der Waals surface area contributed by atoms with Gasteiger partial charge in [-0.25, -0.2) is 0 Å². The summed E-state index contributed by atoms with van der Waals surface area (Å²) in [6, 6.07) is 11.0. The molecule has 0 unspecified atom stereocenters. The number of methoxy groups -OCH3 is 1. The number of aryl methyl sites for hydroxylation is 2. The lowest BCUT2D eigenvalue weighted by Gasteiger charge is -2.13. The lowest BCUT2D eigenvalue weighted by atomic mass is 10.1. The maximum Gasteiger partial charge on any atom is 0.269 e. The van der Waals surface area contributed by atoms with Crippen LogP contribution >= 0.6 is 0 Å². The van der Waals surface area contributed by atoms with Crippen LogP contribution in [0, 0.1) is 25.2 Å². The van der Waals surface area contributed by atoms with Gasteiger partial charge in [0.15, 0.2) is 0 Å². The molecular weight excluding hydrogens is 280 g/mol. The van der Waals surface area contributed by atoms with Crippen LogP contribution in [0.4, 0.5) is 0 Å². The standard InChI is InChI=1S/C17H18N2O3/c1-12-10-13(2)19(17(20)16(12)11-18)8-9-22-15-6-4-14(21-3)5-7-15/h4-7,10H,8-9H2,1-3H3. The Balaban J connectivity index is 2.09. The van der Waals surface area contributed by atoms with Crippen molar-refractivity contribution in [3.63, 3.8) is 0 Å². The molecule has 0 N–H and O–H groups in total. The minimum Gasteiger partial charge on any atom is -0.497 e. The van der Waals surface area contributed by atoms with Crippen LogP contribution in [0.1, 0.15) is 16.8 Å². The van der Waals surface area contributed by atoms with Crippen LogP contribution in [-0.2, 0) is 6.54 Å². The molecule has 0 radical (unpaired) electrons. The van der Waals surface area contributed by atoms with Gasteiger partial charge in [-0.2, -0.15) is 5.26 Å². The maximum absolute atomic E-state index is 12.2. The zero-order valence-electron chi connectivity index (χ0n) is 12.9. The molecule has 0 fully saturated rings. The predicted octanol–water partition coefficient (Wildman–Crippen LogP) is 2.42. The van der Waals surface area contributed by atoms with Gasteiger partial charge in [-0.1, -0.05) is 0 Å². The summed E-state index contributed by atoms with van der Waals surface area (Å²) in [5.74, 6) is 1.47. The van der Waals surface area contributed by atoms with Crippen LogP contribution in [0.2, 0.25) is 0 Å². The summed E-state index contributed by atoms with van der Waals surface area (Å²) in [5.41, 5.74) is 1.45. The fourth-order valence-corrected chi connectivity index (χ4v) is 2.27. The van der Waals surface area contributed by atoms with E-state index in [1.807, 2.05) is 43.3 Å². The third-order valence-electron chi connectivity index (χ3n) is 3.46. The van der Waals surface area contributed by atoms with E-state index in [9.17, 15) is 4.79 Å². The van der Waals surface area contributed by atoms with Gasteiger partial charge in [0.2, 0.25) is 0 Å². The first-order chi connectivity index (χ1) is 10.6. The van der Waals surface area contributed by atoms with Gasteiger partial charge in [-0.05, 0) is 49.7 Å². The topological polar surface area (TPSA) is 64.2 Å². The van der Waals surface area contributed by atoms with Gasteiger partial charge < -0.3 is 14.0 Å². The number of benzene rings is 1. The van der Waals surface area contributed by atoms with Crippen molar-refractivity contribution in [2.75, 3.05) is 13.7 Å². The van der Waals surface area contributed by atoms with E-state index in [0.29, 0.717) is 24.5 Å². The first kappa shape index (κ1) is 15.6. The quantitative estimate of drug-likeness (QED) is 0.850. The summed E-state index contributed by atoms with van der Waals surface area (Å²) in [4.78, 5) is 12.2. The van der Waals surface area contributed by atoms with Crippen LogP contribution in [0.15, 0.2) is 35.1 Å². The monoisotopic (exact) mass is 298 g/mol. The number of hydrogen-bond donors (Lipinski definition) is 0. The van der Waals surface area contributed by atoms with Gasteiger partial charge in [0, 0.05) is 5.69 Å². The van der Waals surface area contributed by atoms with E-state index in [0.717, 1.165) is 11.4 Å². The largest absolute Gasteiger partial charge is 0.497 e. The molecule has 0 aliphatic carbocycles. The van der Waals surface area contributed by atoms with E-state index in [2.05, 4.69) is 0 Å². The summed E-state index contributed by atoms with van der Waals surface area (Å²) in [6.07, 6.45) is 0. The van der Waals surface area contributed by atoms with Crippen molar-refractivity contribution in [2.24, 2.45) is 0 Å². The number of rotatable bonds is 5. The fourth-order valence-electron chi connectivity index (χ4n) is 2.27. The Morgan fingerprint density at radius 3 is 2.41 bits per heavy atom. The molecule has 0 bridgehead atoms. The summed E-state index contributed by atoms with van der Waals surface area (Å²) in [5, 5.41) is 9.06. The van der Waals surface area contributed by atoms with Crippen molar-refractivity contribution in [3.05, 3.63) is 57.5 Å². The highest BCUT2D eigenvalue weighted by Crippen LogP contribution is 2.17. The van der Waals surface area contributed by atoms with Crippen molar-refractivity contribution < 1.29 is 9.47 Å². The van der Waals surface area contributed by atoms with E-state index in [1.54, 1.807) is 18.6 Å². The molecule has 5 nitrogen and oxygen atoms in total. The lowest BCUT2D eigenvalue weighted by molar-refractivity contribution is 0.294. The molecule has 1 heterocycles. The van der Waals surface area contributed by atoms with Gasteiger partial charge in [0.05, 0.1) is 13.7 Å². The third-order valence-corrected chi connectivity index (χ3v) is 3.46. The first-order valence-electron chi connectivity index (χ1n) is 6.95. The predicted molar refractivity (Wildman–Crippen MR) is 83.4 cm³/mol. The molecule has 2 rings (SSSR count). The van der Waals surface area contributed by atoms with Crippen LogP contribution in [-0.4, -0.2) is 18.3 Å². The molecule has 0 spiro atoms. The van der Waals surface area contributed by atoms with Crippen LogP contribution in [0.25, 0.3) is 0 Å². The van der Waals surface area contributed by atoms with E-state index >= 15 is 0 Å². The molecule has 1 aromatic carbocycles. The molecule has 0 aliphatic heterocycles. The van der Waals surface area contributed by atoms with Gasteiger partial charge in [0.25, 0.3) is 5.56 Å². The molecule has 22 heavy (non-hydrogen) atoms. The molecule has 0 saturated heterocycles. The Labute approximate surface area is 129 Å². The number of hydrogen-bond acceptors (Lipinski definition) is 4. The molecule has 0 amide bonds. The summed E-state index contributed by atoms with van der Waals surface area (Å²) >= 11 is 0. The van der Waals surface area contributed by atoms with E-state index in [-0.39, 0.29) is 11.1 Å². The Morgan fingerprint density at radius 2 is 1.82 bits per heavy atom. The van der Waals surface area contributed by atoms with Crippen molar-refractivity contribution in [1.82, 2.24) is 4.57 Å². The fraction of sp³-hybridized carbons (Fsp3) is 0.294. The highest BCUT2D eigenvalue weighted by Gasteiger charge is 2.09. The number of aromatic nitrogens is 1. The van der Waals surface area contributed by atoms with Crippen molar-refractivity contribution in [2.45, 2.75) is 20.4 Å². The maximum atomic E-state index is 12.2. The van der Waals surface area contributed by atoms with Crippen LogP contribution < -0.4 is 15.0 Å². The third kappa shape index (κ3) is 3.29. The second-order valence-corrected chi connectivity index (χ2v) is 4.94. The van der Waals surface area contributed by atoms with Gasteiger partial charge in [0.1, 0.15) is 29.7 Å². The van der Waals surface area contributed by atoms with Crippen LogP contribution in [0.5, 0.6) is 11.5 Å². The van der Waals surface area contributed by atoms with E-state index in [4.69, 9.17) is 14.7 Å². The molecule has 0 atom stereocenters. The average molecular weight is 298 g/mol. The molecule has 2 aromatic rings. The zero-order valence-corrected chi connectivity index (χ0v) is 12.9. The minimum atomic E-state index is -0.265. The van der Waals surface area contributed by atoms with Crippen LogP contribution in [0.3, 0.4) is 0 Å². The molecule has 5 heteroatoms. The van der Waals surface area contributed by atoms with Crippen molar-refractivity contribution >= 4 is 0 Å². The Kier molecular flexibility index (Phi) is 4.84. The SMILES string of the molecule is COc1ccc(OCCn2c(C)cc(C)c(C#N)c2=O)cc1. The minimum absolute atomic E-state index is 0.190. The number of nitrogens with zero attached hydrogens (tertiary/aromatic N) is 2. The molecular formula is C17H18N2O3. The zero-order chi connectivity index (χ0) is 16.1. The normalized spacial score (nSPS) is 10.1. The summed E-state index contributed by atoms with van der Waals surface area (Å²) in [7, 11) is 1.61. The van der Waals surface area contributed by atoms with Crippen molar-refractivity contribution in [1.29, 1.82) is 5.26 Å². The molecule has 0 aliphatic rings. The van der Waals surface area contributed by atoms with Gasteiger partial charge in [-0.3, -0.25) is 4.79 Å². The first-order valence-corrected chi connectivity index (χ1v) is 6.95. The number of nitriles is 1. The van der Waals surface area contributed by atoms with Crippen molar-refractivity contribution in [3.8, 4) is 17.6 Å². The smallest absolute Gasteiger partial charge is 0.269 e. The lowest BCUT2D eigenvalue weighted by Crippen LogP contribution is -2.28. The summed E-state index contributed by atoms with van der Waals surface area (Å²) in [6.45, 7) is 4.36. The Hall–Kier alpha value is -2.74. The number of ether oxygens (including phenoxy) is 2.